The van der Waals surface area contributed by atoms with Gasteiger partial charge in [0.05, 0.1) is 18.7 Å². The molecule has 1 saturated carbocycles. The number of nitrogens with zero attached hydrogens (tertiary/aromatic N) is 1. The molecule has 0 aromatic rings. The lowest BCUT2D eigenvalue weighted by molar-refractivity contribution is 0.192. The minimum Gasteiger partial charge on any atom is -0.379 e. The summed E-state index contributed by atoms with van der Waals surface area (Å²) in [7, 11) is 0. The molecule has 2 rings (SSSR count). The maximum Gasteiger partial charge on any atom is 0.189 e. The Morgan fingerprint density at radius 1 is 1.29 bits per heavy atom. The second-order valence-electron chi connectivity index (χ2n) is 4.16. The molecule has 0 aromatic carbocycles. The van der Waals surface area contributed by atoms with Gasteiger partial charge in [-0.1, -0.05) is 12.8 Å². The van der Waals surface area contributed by atoms with Gasteiger partial charge in [0.25, 0.3) is 0 Å². The van der Waals surface area contributed by atoms with Crippen molar-refractivity contribution in [3.63, 3.8) is 0 Å². The van der Waals surface area contributed by atoms with E-state index < -0.39 is 0 Å². The molecule has 4 nitrogen and oxygen atoms in total. The number of ether oxygens (including phenoxy) is 1. The summed E-state index contributed by atoms with van der Waals surface area (Å²) in [5.41, 5.74) is 5.82. The van der Waals surface area contributed by atoms with Crippen LogP contribution in [0.3, 0.4) is 0 Å². The molecule has 1 unspecified atom stereocenters. The monoisotopic (exact) mass is 197 g/mol. The fraction of sp³-hybridized carbons (Fsp3) is 0.900. The summed E-state index contributed by atoms with van der Waals surface area (Å²) in [5.74, 6) is 0.604. The zero-order valence-corrected chi connectivity index (χ0v) is 8.54. The van der Waals surface area contributed by atoms with E-state index in [9.17, 15) is 0 Å². The Morgan fingerprint density at radius 2 is 2.07 bits per heavy atom. The van der Waals surface area contributed by atoms with Crippen LogP contribution in [0, 0.1) is 0 Å². The van der Waals surface area contributed by atoms with Gasteiger partial charge in [0.15, 0.2) is 5.96 Å². The van der Waals surface area contributed by atoms with Crippen molar-refractivity contribution in [1.82, 2.24) is 5.32 Å². The number of nitrogens with two attached hydrogens (primary N) is 1. The molecule has 2 aliphatic rings. The average Bonchev–Trinajstić information content (AvgIpc) is 2.76. The van der Waals surface area contributed by atoms with Gasteiger partial charge in [0.1, 0.15) is 0 Å². The van der Waals surface area contributed by atoms with Crippen LogP contribution in [0.15, 0.2) is 4.99 Å². The molecule has 80 valence electrons. The molecule has 1 atom stereocenters. The second kappa shape index (κ2) is 4.64. The van der Waals surface area contributed by atoms with Crippen molar-refractivity contribution in [2.45, 2.75) is 44.2 Å². The smallest absolute Gasteiger partial charge is 0.189 e. The van der Waals surface area contributed by atoms with Gasteiger partial charge < -0.3 is 15.8 Å². The number of guanidine groups is 1. The van der Waals surface area contributed by atoms with Gasteiger partial charge in [-0.2, -0.15) is 0 Å². The fourth-order valence-corrected chi connectivity index (χ4v) is 2.12. The van der Waals surface area contributed by atoms with Crippen LogP contribution < -0.4 is 11.1 Å². The molecular formula is C10H19N3O. The first-order valence-corrected chi connectivity index (χ1v) is 5.52. The maximum atomic E-state index is 5.82. The molecule has 0 spiro atoms. The van der Waals surface area contributed by atoms with E-state index in [0.717, 1.165) is 19.6 Å². The SMILES string of the molecule is NC(=NC1CCCC1)NC1CCOC1. The molecular weight excluding hydrogens is 178 g/mol. The highest BCUT2D eigenvalue weighted by Crippen LogP contribution is 2.20. The molecule has 0 bridgehead atoms. The van der Waals surface area contributed by atoms with E-state index in [1.165, 1.54) is 25.7 Å². The highest BCUT2D eigenvalue weighted by Gasteiger charge is 2.17. The standard InChI is InChI=1S/C10H19N3O/c11-10(12-8-3-1-2-4-8)13-9-5-6-14-7-9/h8-9H,1-7H2,(H3,11,12,13). The lowest BCUT2D eigenvalue weighted by Crippen LogP contribution is -2.40. The second-order valence-corrected chi connectivity index (χ2v) is 4.16. The Kier molecular flexibility index (Phi) is 3.24. The molecule has 2 fully saturated rings. The average molecular weight is 197 g/mol. The minimum absolute atomic E-state index is 0.375. The third-order valence-corrected chi connectivity index (χ3v) is 2.93. The fourth-order valence-electron chi connectivity index (χ4n) is 2.12. The number of nitrogens with one attached hydrogen (secondary N) is 1. The van der Waals surface area contributed by atoms with Crippen LogP contribution in [0.25, 0.3) is 0 Å². The van der Waals surface area contributed by atoms with Crippen molar-refractivity contribution >= 4 is 5.96 Å². The molecule has 1 saturated heterocycles. The largest absolute Gasteiger partial charge is 0.379 e. The highest BCUT2D eigenvalue weighted by atomic mass is 16.5. The van der Waals surface area contributed by atoms with Crippen LogP contribution in [0.4, 0.5) is 0 Å². The minimum atomic E-state index is 0.375. The van der Waals surface area contributed by atoms with Crippen LogP contribution in [0.1, 0.15) is 32.1 Å². The number of rotatable bonds is 2. The van der Waals surface area contributed by atoms with Crippen molar-refractivity contribution in [1.29, 1.82) is 0 Å². The van der Waals surface area contributed by atoms with E-state index in [0.29, 0.717) is 18.0 Å². The molecule has 0 radical (unpaired) electrons. The van der Waals surface area contributed by atoms with Gasteiger partial charge in [-0.15, -0.1) is 0 Å². The van der Waals surface area contributed by atoms with E-state index in [1.54, 1.807) is 0 Å². The summed E-state index contributed by atoms with van der Waals surface area (Å²) in [4.78, 5) is 4.47. The molecule has 3 N–H and O–H groups in total. The third-order valence-electron chi connectivity index (χ3n) is 2.93. The van der Waals surface area contributed by atoms with Crippen molar-refractivity contribution in [2.24, 2.45) is 10.7 Å². The van der Waals surface area contributed by atoms with E-state index in [4.69, 9.17) is 10.5 Å². The topological polar surface area (TPSA) is 59.6 Å². The molecule has 4 heteroatoms. The predicted octanol–water partition coefficient (Wildman–Crippen LogP) is 0.622. The Bertz CT molecular complexity index is 205. The molecule has 14 heavy (non-hydrogen) atoms. The van der Waals surface area contributed by atoms with Crippen molar-refractivity contribution < 1.29 is 4.74 Å². The van der Waals surface area contributed by atoms with Crippen molar-refractivity contribution in [3.8, 4) is 0 Å². The zero-order valence-electron chi connectivity index (χ0n) is 8.54. The quantitative estimate of drug-likeness (QED) is 0.504. The molecule has 0 amide bonds. The Balaban J connectivity index is 1.77. The van der Waals surface area contributed by atoms with Crippen LogP contribution in [0.2, 0.25) is 0 Å². The summed E-state index contributed by atoms with van der Waals surface area (Å²) in [6, 6.07) is 0.838. The third kappa shape index (κ3) is 2.61. The Hall–Kier alpha value is -0.770. The molecule has 0 aromatic heterocycles. The highest BCUT2D eigenvalue weighted by molar-refractivity contribution is 5.78. The number of hydrogen-bond acceptors (Lipinski definition) is 2. The Labute approximate surface area is 84.9 Å². The number of hydrogen-bond donors (Lipinski definition) is 2. The maximum absolute atomic E-state index is 5.82. The van der Waals surface area contributed by atoms with E-state index in [-0.39, 0.29) is 0 Å². The molecule has 1 heterocycles. The summed E-state index contributed by atoms with van der Waals surface area (Å²) in [5, 5.41) is 3.21. The van der Waals surface area contributed by atoms with Crippen molar-refractivity contribution in [3.05, 3.63) is 0 Å². The van der Waals surface area contributed by atoms with E-state index >= 15 is 0 Å². The van der Waals surface area contributed by atoms with E-state index in [2.05, 4.69) is 10.3 Å². The summed E-state index contributed by atoms with van der Waals surface area (Å²) in [6.45, 7) is 1.61. The predicted molar refractivity (Wildman–Crippen MR) is 56.2 cm³/mol. The van der Waals surface area contributed by atoms with E-state index in [1.807, 2.05) is 0 Å². The normalized spacial score (nSPS) is 29.7. The van der Waals surface area contributed by atoms with Crippen molar-refractivity contribution in [2.75, 3.05) is 13.2 Å². The van der Waals surface area contributed by atoms with Crippen LogP contribution >= 0.6 is 0 Å². The Morgan fingerprint density at radius 3 is 2.71 bits per heavy atom. The summed E-state index contributed by atoms with van der Waals surface area (Å²) >= 11 is 0. The van der Waals surface area contributed by atoms with Gasteiger partial charge in [0, 0.05) is 6.61 Å². The van der Waals surface area contributed by atoms with Crippen LogP contribution in [0.5, 0.6) is 0 Å². The molecule has 1 aliphatic carbocycles. The molecule has 1 aliphatic heterocycles. The lowest BCUT2D eigenvalue weighted by atomic mass is 10.2. The van der Waals surface area contributed by atoms with Gasteiger partial charge in [0.2, 0.25) is 0 Å². The number of aliphatic imine (C=N–C) groups is 1. The first-order valence-electron chi connectivity index (χ1n) is 5.52. The zero-order chi connectivity index (χ0) is 9.80. The van der Waals surface area contributed by atoms with Gasteiger partial charge >= 0.3 is 0 Å². The first kappa shape index (κ1) is 9.77. The summed E-state index contributed by atoms with van der Waals surface area (Å²) in [6.07, 6.45) is 6.04. The lowest BCUT2D eigenvalue weighted by Gasteiger charge is -2.12. The van der Waals surface area contributed by atoms with Crippen LogP contribution in [-0.2, 0) is 4.74 Å². The van der Waals surface area contributed by atoms with Gasteiger partial charge in [-0.25, -0.2) is 0 Å². The van der Waals surface area contributed by atoms with Gasteiger partial charge in [-0.3, -0.25) is 4.99 Å². The summed E-state index contributed by atoms with van der Waals surface area (Å²) < 4.78 is 5.25. The van der Waals surface area contributed by atoms with Crippen LogP contribution in [-0.4, -0.2) is 31.3 Å². The first-order chi connectivity index (χ1) is 6.84. The van der Waals surface area contributed by atoms with Gasteiger partial charge in [-0.05, 0) is 19.3 Å².